The van der Waals surface area contributed by atoms with Gasteiger partial charge in [0.25, 0.3) is 5.91 Å². The summed E-state index contributed by atoms with van der Waals surface area (Å²) in [6, 6.07) is 8.42. The van der Waals surface area contributed by atoms with Crippen molar-refractivity contribution in [2.24, 2.45) is 0 Å². The van der Waals surface area contributed by atoms with Crippen molar-refractivity contribution in [3.8, 4) is 0 Å². The summed E-state index contributed by atoms with van der Waals surface area (Å²) in [5, 5.41) is 13.8. The number of hydrogen-bond donors (Lipinski definition) is 3. The van der Waals surface area contributed by atoms with Crippen LogP contribution in [0.3, 0.4) is 0 Å². The van der Waals surface area contributed by atoms with Crippen molar-refractivity contribution in [1.29, 1.82) is 0 Å². The summed E-state index contributed by atoms with van der Waals surface area (Å²) in [6.45, 7) is 4.12. The van der Waals surface area contributed by atoms with Crippen LogP contribution in [0.4, 0.5) is 17.3 Å². The Hall–Kier alpha value is -3.09. The zero-order valence-electron chi connectivity index (χ0n) is 15.1. The highest BCUT2D eigenvalue weighted by Crippen LogP contribution is 2.24. The number of hydrogen-bond acceptors (Lipinski definition) is 5. The van der Waals surface area contributed by atoms with E-state index in [4.69, 9.17) is 0 Å². The molecule has 7 heteroatoms. The second kappa shape index (κ2) is 6.33. The average molecular weight is 350 g/mol. The van der Waals surface area contributed by atoms with E-state index in [0.29, 0.717) is 17.0 Å². The van der Waals surface area contributed by atoms with E-state index in [-0.39, 0.29) is 11.9 Å². The van der Waals surface area contributed by atoms with Crippen LogP contribution >= 0.6 is 0 Å². The Kier molecular flexibility index (Phi) is 3.99. The molecular formula is C19H22N6O. The van der Waals surface area contributed by atoms with Gasteiger partial charge in [0.1, 0.15) is 17.2 Å². The third-order valence-corrected chi connectivity index (χ3v) is 4.38. The fraction of sp³-hybridized carbons (Fsp3) is 0.316. The summed E-state index contributed by atoms with van der Waals surface area (Å²) in [7, 11) is 1.82. The van der Waals surface area contributed by atoms with Crippen LogP contribution < -0.4 is 16.0 Å². The number of nitrogens with zero attached hydrogens (tertiary/aromatic N) is 3. The van der Waals surface area contributed by atoms with Gasteiger partial charge in [0, 0.05) is 24.8 Å². The number of aromatic nitrogens is 3. The monoisotopic (exact) mass is 350 g/mol. The molecule has 0 radical (unpaired) electrons. The molecule has 0 unspecified atom stereocenters. The fourth-order valence-corrected chi connectivity index (χ4v) is 3.05. The molecule has 134 valence electrons. The van der Waals surface area contributed by atoms with Crippen molar-refractivity contribution in [2.75, 3.05) is 17.7 Å². The first kappa shape index (κ1) is 16.4. The first-order valence-corrected chi connectivity index (χ1v) is 8.76. The molecule has 1 aliphatic carbocycles. The number of anilines is 3. The van der Waals surface area contributed by atoms with Gasteiger partial charge < -0.3 is 16.0 Å². The summed E-state index contributed by atoms with van der Waals surface area (Å²) < 4.78 is 1.65. The average Bonchev–Trinajstić information content (AvgIpc) is 3.29. The first-order valence-electron chi connectivity index (χ1n) is 8.76. The molecule has 3 N–H and O–H groups in total. The smallest absolute Gasteiger partial charge is 0.256 e. The van der Waals surface area contributed by atoms with E-state index < -0.39 is 0 Å². The lowest BCUT2D eigenvalue weighted by molar-refractivity contribution is 0.0952. The number of fused-ring (bicyclic) bond motifs is 1. The maximum absolute atomic E-state index is 12.5. The third-order valence-electron chi connectivity index (χ3n) is 4.38. The molecular weight excluding hydrogens is 328 g/mol. The molecule has 0 aliphatic heterocycles. The van der Waals surface area contributed by atoms with E-state index >= 15 is 0 Å². The second-order valence-corrected chi connectivity index (χ2v) is 6.82. The van der Waals surface area contributed by atoms with Crippen LogP contribution in [0.15, 0.2) is 30.5 Å². The van der Waals surface area contributed by atoms with Gasteiger partial charge in [-0.15, -0.1) is 0 Å². The molecule has 1 aliphatic rings. The minimum absolute atomic E-state index is 0.124. The molecule has 4 rings (SSSR count). The normalized spacial score (nSPS) is 13.7. The van der Waals surface area contributed by atoms with Crippen LogP contribution in [0.25, 0.3) is 5.65 Å². The Labute approximate surface area is 151 Å². The van der Waals surface area contributed by atoms with E-state index in [9.17, 15) is 4.79 Å². The SMILES string of the molecule is CNc1cc(Nc2cc(C)cc(C)c2)nc2c(C(=O)NC3CC3)cnn12. The van der Waals surface area contributed by atoms with Gasteiger partial charge in [-0.3, -0.25) is 4.79 Å². The summed E-state index contributed by atoms with van der Waals surface area (Å²) in [6.07, 6.45) is 3.65. The van der Waals surface area contributed by atoms with E-state index in [0.717, 1.165) is 24.3 Å². The van der Waals surface area contributed by atoms with Gasteiger partial charge in [0.15, 0.2) is 5.65 Å². The number of carbonyl (C=O) groups excluding carboxylic acids is 1. The van der Waals surface area contributed by atoms with Gasteiger partial charge in [-0.25, -0.2) is 4.98 Å². The number of amides is 1. The highest BCUT2D eigenvalue weighted by molar-refractivity contribution is 6.00. The Morgan fingerprint density at radius 2 is 1.88 bits per heavy atom. The largest absolute Gasteiger partial charge is 0.373 e. The van der Waals surface area contributed by atoms with Crippen LogP contribution in [-0.2, 0) is 0 Å². The molecule has 0 bridgehead atoms. The third kappa shape index (κ3) is 3.20. The number of carbonyl (C=O) groups is 1. The van der Waals surface area contributed by atoms with Gasteiger partial charge in [0.2, 0.25) is 0 Å². The van der Waals surface area contributed by atoms with Crippen molar-refractivity contribution < 1.29 is 4.79 Å². The van der Waals surface area contributed by atoms with E-state index in [1.165, 1.54) is 11.1 Å². The standard InChI is InChI=1S/C19H22N6O/c1-11-6-12(2)8-14(7-11)22-16-9-17(20-3)25-18(24-16)15(10-21-25)19(26)23-13-4-5-13/h6-10,13,20H,4-5H2,1-3H3,(H,22,24)(H,23,26). The topological polar surface area (TPSA) is 83.3 Å². The van der Waals surface area contributed by atoms with Gasteiger partial charge in [0.05, 0.1) is 6.20 Å². The summed E-state index contributed by atoms with van der Waals surface area (Å²) in [5.74, 6) is 1.29. The Balaban J connectivity index is 1.73. The highest BCUT2D eigenvalue weighted by atomic mass is 16.1. The summed E-state index contributed by atoms with van der Waals surface area (Å²) in [5.41, 5.74) is 4.33. The predicted molar refractivity (Wildman–Crippen MR) is 102 cm³/mol. The Morgan fingerprint density at radius 1 is 1.15 bits per heavy atom. The number of aryl methyl sites for hydroxylation is 2. The zero-order valence-corrected chi connectivity index (χ0v) is 15.1. The fourth-order valence-electron chi connectivity index (χ4n) is 3.05. The van der Waals surface area contributed by atoms with E-state index in [1.54, 1.807) is 10.7 Å². The minimum Gasteiger partial charge on any atom is -0.373 e. The van der Waals surface area contributed by atoms with Crippen molar-refractivity contribution in [3.05, 3.63) is 47.2 Å². The van der Waals surface area contributed by atoms with Crippen LogP contribution in [0.2, 0.25) is 0 Å². The summed E-state index contributed by atoms with van der Waals surface area (Å²) >= 11 is 0. The molecule has 1 fully saturated rings. The van der Waals surface area contributed by atoms with Gasteiger partial charge >= 0.3 is 0 Å². The quantitative estimate of drug-likeness (QED) is 0.659. The van der Waals surface area contributed by atoms with Crippen LogP contribution in [0.5, 0.6) is 0 Å². The lowest BCUT2D eigenvalue weighted by Gasteiger charge is -2.11. The van der Waals surface area contributed by atoms with E-state index in [1.807, 2.05) is 13.1 Å². The lowest BCUT2D eigenvalue weighted by atomic mass is 10.1. The van der Waals surface area contributed by atoms with Crippen molar-refractivity contribution >= 4 is 28.9 Å². The van der Waals surface area contributed by atoms with Crippen molar-refractivity contribution in [1.82, 2.24) is 19.9 Å². The van der Waals surface area contributed by atoms with Gasteiger partial charge in [-0.05, 0) is 49.9 Å². The molecule has 2 heterocycles. The first-order chi connectivity index (χ1) is 12.5. The van der Waals surface area contributed by atoms with Crippen LogP contribution in [0, 0.1) is 13.8 Å². The molecule has 1 saturated carbocycles. The molecule has 0 atom stereocenters. The predicted octanol–water partition coefficient (Wildman–Crippen LogP) is 3.02. The number of rotatable bonds is 5. The maximum Gasteiger partial charge on any atom is 0.256 e. The van der Waals surface area contributed by atoms with Crippen LogP contribution in [-0.4, -0.2) is 33.6 Å². The maximum atomic E-state index is 12.5. The molecule has 1 amide bonds. The molecule has 2 aromatic heterocycles. The molecule has 1 aromatic carbocycles. The number of nitrogens with one attached hydrogen (secondary N) is 3. The highest BCUT2D eigenvalue weighted by Gasteiger charge is 2.26. The van der Waals surface area contributed by atoms with Crippen molar-refractivity contribution in [2.45, 2.75) is 32.7 Å². The zero-order chi connectivity index (χ0) is 18.3. The summed E-state index contributed by atoms with van der Waals surface area (Å²) in [4.78, 5) is 17.1. The number of benzene rings is 1. The molecule has 0 spiro atoms. The Morgan fingerprint density at radius 3 is 2.54 bits per heavy atom. The molecule has 26 heavy (non-hydrogen) atoms. The van der Waals surface area contributed by atoms with Gasteiger partial charge in [-0.1, -0.05) is 6.07 Å². The van der Waals surface area contributed by atoms with Gasteiger partial charge in [-0.2, -0.15) is 9.61 Å². The Bertz CT molecular complexity index is 969. The molecule has 0 saturated heterocycles. The van der Waals surface area contributed by atoms with Crippen molar-refractivity contribution in [3.63, 3.8) is 0 Å². The lowest BCUT2D eigenvalue weighted by Crippen LogP contribution is -2.25. The van der Waals surface area contributed by atoms with E-state index in [2.05, 4.69) is 58.1 Å². The second-order valence-electron chi connectivity index (χ2n) is 6.82. The van der Waals surface area contributed by atoms with Crippen LogP contribution in [0.1, 0.15) is 34.3 Å². The molecule has 3 aromatic rings. The minimum atomic E-state index is -0.124. The molecule has 7 nitrogen and oxygen atoms in total.